The predicted molar refractivity (Wildman–Crippen MR) is 57.7 cm³/mol. The zero-order valence-electron chi connectivity index (χ0n) is 8.92. The lowest BCUT2D eigenvalue weighted by Crippen LogP contribution is -1.84. The number of hydrogen-bond acceptors (Lipinski definition) is 1. The summed E-state index contributed by atoms with van der Waals surface area (Å²) in [6.45, 7) is 5.07. The fourth-order valence-corrected chi connectivity index (χ4v) is 0.741. The van der Waals surface area contributed by atoms with Gasteiger partial charge in [0.05, 0.1) is 6.61 Å². The van der Waals surface area contributed by atoms with Gasteiger partial charge in [0, 0.05) is 7.11 Å². The van der Waals surface area contributed by atoms with Crippen LogP contribution in [0, 0.1) is 0 Å². The summed E-state index contributed by atoms with van der Waals surface area (Å²) in [5.41, 5.74) is 1.22. The summed E-state index contributed by atoms with van der Waals surface area (Å²) in [5.74, 6) is 0. The minimum Gasteiger partial charge on any atom is -0.380 e. The zero-order valence-corrected chi connectivity index (χ0v) is 8.92. The standard InChI is InChI=1S/C8H10O.C4H10/c1-9-7-8-5-3-2-4-6-8;1-3-4-2/h2-6H,7H2,1H3;3-4H2,1-2H3. The Labute approximate surface area is 81.7 Å². The number of rotatable bonds is 3. The molecule has 0 saturated heterocycles. The van der Waals surface area contributed by atoms with Crippen molar-refractivity contribution in [3.8, 4) is 0 Å². The van der Waals surface area contributed by atoms with Crippen LogP contribution >= 0.6 is 0 Å². The Balaban J connectivity index is 0.000000310. The Morgan fingerprint density at radius 3 is 1.92 bits per heavy atom. The average Bonchev–Trinajstić information content (AvgIpc) is 2.20. The van der Waals surface area contributed by atoms with Crippen LogP contribution in [0.15, 0.2) is 30.3 Å². The van der Waals surface area contributed by atoms with Gasteiger partial charge in [0.2, 0.25) is 0 Å². The van der Waals surface area contributed by atoms with E-state index in [-0.39, 0.29) is 0 Å². The average molecular weight is 180 g/mol. The zero-order chi connectivity index (χ0) is 9.94. The maximum Gasteiger partial charge on any atom is 0.0713 e. The van der Waals surface area contributed by atoms with Crippen molar-refractivity contribution in [3.63, 3.8) is 0 Å². The van der Waals surface area contributed by atoms with Crippen molar-refractivity contribution in [3.05, 3.63) is 35.9 Å². The monoisotopic (exact) mass is 180 g/mol. The van der Waals surface area contributed by atoms with Crippen molar-refractivity contribution in [1.82, 2.24) is 0 Å². The van der Waals surface area contributed by atoms with E-state index >= 15 is 0 Å². The summed E-state index contributed by atoms with van der Waals surface area (Å²) in [7, 11) is 1.70. The summed E-state index contributed by atoms with van der Waals surface area (Å²) in [5, 5.41) is 0. The van der Waals surface area contributed by atoms with Gasteiger partial charge in [-0.15, -0.1) is 0 Å². The minimum atomic E-state index is 0.709. The third-order valence-electron chi connectivity index (χ3n) is 1.65. The summed E-state index contributed by atoms with van der Waals surface area (Å²) < 4.78 is 4.93. The van der Waals surface area contributed by atoms with Crippen LogP contribution in [0.3, 0.4) is 0 Å². The molecule has 0 N–H and O–H groups in total. The molecule has 0 saturated carbocycles. The van der Waals surface area contributed by atoms with Crippen molar-refractivity contribution in [2.24, 2.45) is 0 Å². The fraction of sp³-hybridized carbons (Fsp3) is 0.500. The first-order valence-corrected chi connectivity index (χ1v) is 4.88. The highest BCUT2D eigenvalue weighted by Crippen LogP contribution is 1.98. The number of unbranched alkanes of at least 4 members (excludes halogenated alkanes) is 1. The van der Waals surface area contributed by atoms with E-state index in [0.29, 0.717) is 6.61 Å². The van der Waals surface area contributed by atoms with Gasteiger partial charge in [0.1, 0.15) is 0 Å². The van der Waals surface area contributed by atoms with Crippen molar-refractivity contribution in [1.29, 1.82) is 0 Å². The highest BCUT2D eigenvalue weighted by atomic mass is 16.5. The molecule has 0 unspecified atom stereocenters. The Morgan fingerprint density at radius 1 is 1.00 bits per heavy atom. The summed E-state index contributed by atoms with van der Waals surface area (Å²) >= 11 is 0. The Kier molecular flexibility index (Phi) is 8.68. The molecule has 0 amide bonds. The SMILES string of the molecule is CCCC.COCc1ccccc1. The third kappa shape index (κ3) is 7.54. The quantitative estimate of drug-likeness (QED) is 0.690. The molecule has 13 heavy (non-hydrogen) atoms. The molecule has 0 spiro atoms. The van der Waals surface area contributed by atoms with Crippen LogP contribution in [-0.2, 0) is 11.3 Å². The molecule has 1 aromatic carbocycles. The molecule has 1 rings (SSSR count). The number of ether oxygens (including phenoxy) is 1. The van der Waals surface area contributed by atoms with Gasteiger partial charge in [-0.3, -0.25) is 0 Å². The van der Waals surface area contributed by atoms with Gasteiger partial charge in [-0.05, 0) is 5.56 Å². The first-order valence-electron chi connectivity index (χ1n) is 4.88. The molecular formula is C12H20O. The van der Waals surface area contributed by atoms with E-state index < -0.39 is 0 Å². The van der Waals surface area contributed by atoms with Gasteiger partial charge in [-0.25, -0.2) is 0 Å². The molecule has 0 bridgehead atoms. The molecule has 0 radical (unpaired) electrons. The summed E-state index contributed by atoms with van der Waals surface area (Å²) in [6, 6.07) is 10.1. The molecule has 74 valence electrons. The van der Waals surface area contributed by atoms with E-state index in [1.165, 1.54) is 18.4 Å². The maximum atomic E-state index is 4.93. The predicted octanol–water partition coefficient (Wildman–Crippen LogP) is 3.64. The lowest BCUT2D eigenvalue weighted by atomic mass is 10.2. The van der Waals surface area contributed by atoms with E-state index in [2.05, 4.69) is 13.8 Å². The van der Waals surface area contributed by atoms with Crippen molar-refractivity contribution >= 4 is 0 Å². The molecule has 0 aromatic heterocycles. The summed E-state index contributed by atoms with van der Waals surface area (Å²) in [4.78, 5) is 0. The fourth-order valence-electron chi connectivity index (χ4n) is 0.741. The van der Waals surface area contributed by atoms with Gasteiger partial charge in [-0.1, -0.05) is 57.0 Å². The number of benzene rings is 1. The van der Waals surface area contributed by atoms with Gasteiger partial charge in [-0.2, -0.15) is 0 Å². The second kappa shape index (κ2) is 9.27. The summed E-state index contributed by atoms with van der Waals surface area (Å²) in [6.07, 6.45) is 2.64. The molecule has 1 heteroatoms. The van der Waals surface area contributed by atoms with Gasteiger partial charge in [0.15, 0.2) is 0 Å². The van der Waals surface area contributed by atoms with Crippen LogP contribution in [0.4, 0.5) is 0 Å². The molecule has 0 heterocycles. The Morgan fingerprint density at radius 2 is 1.54 bits per heavy atom. The maximum absolute atomic E-state index is 4.93. The van der Waals surface area contributed by atoms with E-state index in [0.717, 1.165) is 0 Å². The van der Waals surface area contributed by atoms with Crippen molar-refractivity contribution < 1.29 is 4.74 Å². The second-order valence-corrected chi connectivity index (χ2v) is 2.92. The second-order valence-electron chi connectivity index (χ2n) is 2.92. The van der Waals surface area contributed by atoms with E-state index in [9.17, 15) is 0 Å². The smallest absolute Gasteiger partial charge is 0.0713 e. The first-order chi connectivity index (χ1) is 6.35. The Bertz CT molecular complexity index is 180. The highest BCUT2D eigenvalue weighted by Gasteiger charge is 1.84. The van der Waals surface area contributed by atoms with Gasteiger partial charge in [0.25, 0.3) is 0 Å². The van der Waals surface area contributed by atoms with Gasteiger partial charge < -0.3 is 4.74 Å². The van der Waals surface area contributed by atoms with Crippen molar-refractivity contribution in [2.75, 3.05) is 7.11 Å². The van der Waals surface area contributed by atoms with Crippen LogP contribution in [0.2, 0.25) is 0 Å². The van der Waals surface area contributed by atoms with E-state index in [1.807, 2.05) is 30.3 Å². The molecule has 0 atom stereocenters. The minimum absolute atomic E-state index is 0.709. The van der Waals surface area contributed by atoms with E-state index in [4.69, 9.17) is 4.74 Å². The van der Waals surface area contributed by atoms with Gasteiger partial charge >= 0.3 is 0 Å². The molecule has 1 nitrogen and oxygen atoms in total. The van der Waals surface area contributed by atoms with Crippen LogP contribution < -0.4 is 0 Å². The topological polar surface area (TPSA) is 9.23 Å². The number of methoxy groups -OCH3 is 1. The Hall–Kier alpha value is -0.820. The van der Waals surface area contributed by atoms with E-state index in [1.54, 1.807) is 7.11 Å². The van der Waals surface area contributed by atoms with Crippen LogP contribution in [-0.4, -0.2) is 7.11 Å². The van der Waals surface area contributed by atoms with Crippen LogP contribution in [0.5, 0.6) is 0 Å². The van der Waals surface area contributed by atoms with Crippen LogP contribution in [0.25, 0.3) is 0 Å². The molecule has 0 aliphatic heterocycles. The first kappa shape index (κ1) is 12.2. The molecule has 0 aliphatic rings. The number of hydrogen-bond donors (Lipinski definition) is 0. The molecular weight excluding hydrogens is 160 g/mol. The highest BCUT2D eigenvalue weighted by molar-refractivity contribution is 5.13. The lowest BCUT2D eigenvalue weighted by Gasteiger charge is -1.95. The largest absolute Gasteiger partial charge is 0.380 e. The molecule has 1 aromatic rings. The lowest BCUT2D eigenvalue weighted by molar-refractivity contribution is 0.185. The third-order valence-corrected chi connectivity index (χ3v) is 1.65. The van der Waals surface area contributed by atoms with Crippen molar-refractivity contribution in [2.45, 2.75) is 33.3 Å². The van der Waals surface area contributed by atoms with Crippen LogP contribution in [0.1, 0.15) is 32.3 Å². The molecule has 0 fully saturated rings. The normalized spacial score (nSPS) is 8.85. The molecule has 0 aliphatic carbocycles.